The van der Waals surface area contributed by atoms with Gasteiger partial charge in [0.1, 0.15) is 0 Å². The molecule has 0 unspecified atom stereocenters. The number of benzene rings is 2. The highest BCUT2D eigenvalue weighted by atomic mass is 79.9. The summed E-state index contributed by atoms with van der Waals surface area (Å²) in [6, 6.07) is 11.7. The summed E-state index contributed by atoms with van der Waals surface area (Å²) in [6.45, 7) is 1.79. The second kappa shape index (κ2) is 5.88. The number of aryl methyl sites for hydroxylation is 1. The maximum atomic E-state index is 12.5. The Labute approximate surface area is 132 Å². The van der Waals surface area contributed by atoms with Crippen LogP contribution in [0.25, 0.3) is 0 Å². The van der Waals surface area contributed by atoms with Gasteiger partial charge < -0.3 is 5.73 Å². The molecule has 0 bridgehead atoms. The number of hydrogen-bond donors (Lipinski definition) is 1. The Balaban J connectivity index is 2.40. The molecule has 0 aromatic heterocycles. The SMILES string of the molecule is Cc1cc(C#N)ccc1CS(=O)(=O)c1ccc(Br)cc1N. The van der Waals surface area contributed by atoms with Crippen molar-refractivity contribution in [1.82, 2.24) is 0 Å². The average Bonchev–Trinajstić information content (AvgIpc) is 2.40. The predicted octanol–water partition coefficient (Wildman–Crippen LogP) is 3.19. The van der Waals surface area contributed by atoms with Crippen molar-refractivity contribution in [2.45, 2.75) is 17.6 Å². The van der Waals surface area contributed by atoms with Crippen molar-refractivity contribution in [2.75, 3.05) is 5.73 Å². The van der Waals surface area contributed by atoms with E-state index in [2.05, 4.69) is 15.9 Å². The van der Waals surface area contributed by atoms with E-state index in [1.165, 1.54) is 6.07 Å². The smallest absolute Gasteiger partial charge is 0.184 e. The number of nitrogens with zero attached hydrogens (tertiary/aromatic N) is 1. The molecule has 0 aliphatic heterocycles. The number of halogens is 1. The van der Waals surface area contributed by atoms with Crippen molar-refractivity contribution in [2.24, 2.45) is 0 Å². The first kappa shape index (κ1) is 15.5. The Morgan fingerprint density at radius 1 is 1.24 bits per heavy atom. The maximum absolute atomic E-state index is 12.5. The number of nitriles is 1. The van der Waals surface area contributed by atoms with Crippen LogP contribution in [0.1, 0.15) is 16.7 Å². The molecule has 0 saturated heterocycles. The summed E-state index contributed by atoms with van der Waals surface area (Å²) in [4.78, 5) is 0.120. The highest BCUT2D eigenvalue weighted by Crippen LogP contribution is 2.26. The van der Waals surface area contributed by atoms with Crippen molar-refractivity contribution in [1.29, 1.82) is 5.26 Å². The molecule has 0 aliphatic rings. The normalized spacial score (nSPS) is 11.1. The number of rotatable bonds is 3. The number of hydrogen-bond acceptors (Lipinski definition) is 4. The topological polar surface area (TPSA) is 84.0 Å². The molecule has 0 radical (unpaired) electrons. The lowest BCUT2D eigenvalue weighted by Crippen LogP contribution is -2.09. The Kier molecular flexibility index (Phi) is 4.35. The van der Waals surface area contributed by atoms with E-state index in [0.29, 0.717) is 11.1 Å². The molecule has 0 spiro atoms. The Morgan fingerprint density at radius 3 is 2.52 bits per heavy atom. The van der Waals surface area contributed by atoms with Gasteiger partial charge in [-0.15, -0.1) is 0 Å². The van der Waals surface area contributed by atoms with E-state index in [1.807, 2.05) is 6.07 Å². The van der Waals surface area contributed by atoms with Crippen LogP contribution in [0.4, 0.5) is 5.69 Å². The molecule has 108 valence electrons. The minimum absolute atomic E-state index is 0.120. The van der Waals surface area contributed by atoms with Crippen molar-refractivity contribution in [3.05, 3.63) is 57.6 Å². The van der Waals surface area contributed by atoms with Crippen LogP contribution in [0, 0.1) is 18.3 Å². The molecule has 2 N–H and O–H groups in total. The lowest BCUT2D eigenvalue weighted by atomic mass is 10.1. The highest BCUT2D eigenvalue weighted by Gasteiger charge is 2.19. The zero-order chi connectivity index (χ0) is 15.6. The van der Waals surface area contributed by atoms with Crippen molar-refractivity contribution < 1.29 is 8.42 Å². The average molecular weight is 365 g/mol. The van der Waals surface area contributed by atoms with Gasteiger partial charge in [0.25, 0.3) is 0 Å². The number of nitrogens with two attached hydrogens (primary N) is 1. The van der Waals surface area contributed by atoms with Gasteiger partial charge in [0.2, 0.25) is 0 Å². The van der Waals surface area contributed by atoms with Gasteiger partial charge in [-0.3, -0.25) is 0 Å². The number of nitrogen functional groups attached to an aromatic ring is 1. The molecule has 0 heterocycles. The van der Waals surface area contributed by atoms with Gasteiger partial charge in [0, 0.05) is 4.47 Å². The zero-order valence-electron chi connectivity index (χ0n) is 11.3. The van der Waals surface area contributed by atoms with Gasteiger partial charge >= 0.3 is 0 Å². The highest BCUT2D eigenvalue weighted by molar-refractivity contribution is 9.10. The van der Waals surface area contributed by atoms with Crippen LogP contribution in [0.15, 0.2) is 45.8 Å². The van der Waals surface area contributed by atoms with Gasteiger partial charge in [-0.2, -0.15) is 5.26 Å². The lowest BCUT2D eigenvalue weighted by molar-refractivity contribution is 0.595. The molecule has 0 fully saturated rings. The fourth-order valence-electron chi connectivity index (χ4n) is 2.01. The van der Waals surface area contributed by atoms with E-state index >= 15 is 0 Å². The Morgan fingerprint density at radius 2 is 1.95 bits per heavy atom. The third-order valence-corrected chi connectivity index (χ3v) is 5.35. The van der Waals surface area contributed by atoms with Gasteiger partial charge in [0.15, 0.2) is 9.84 Å². The molecule has 0 aliphatic carbocycles. The fraction of sp³-hybridized carbons (Fsp3) is 0.133. The summed E-state index contributed by atoms with van der Waals surface area (Å²) in [6.07, 6.45) is 0. The molecular weight excluding hydrogens is 352 g/mol. The quantitative estimate of drug-likeness (QED) is 0.847. The van der Waals surface area contributed by atoms with Crippen LogP contribution in [0.5, 0.6) is 0 Å². The summed E-state index contributed by atoms with van der Waals surface area (Å²) in [5, 5.41) is 8.84. The van der Waals surface area contributed by atoms with Crippen LogP contribution >= 0.6 is 15.9 Å². The van der Waals surface area contributed by atoms with Crippen LogP contribution in [-0.4, -0.2) is 8.42 Å². The van der Waals surface area contributed by atoms with Crippen LogP contribution in [0.2, 0.25) is 0 Å². The molecule has 0 saturated carbocycles. The van der Waals surface area contributed by atoms with Gasteiger partial charge in [-0.05, 0) is 48.4 Å². The molecular formula is C15H13BrN2O2S. The molecule has 2 rings (SSSR count). The summed E-state index contributed by atoms with van der Waals surface area (Å²) in [5.41, 5.74) is 7.96. The van der Waals surface area contributed by atoms with E-state index < -0.39 is 9.84 Å². The van der Waals surface area contributed by atoms with E-state index in [-0.39, 0.29) is 16.3 Å². The summed E-state index contributed by atoms with van der Waals surface area (Å²) < 4.78 is 25.7. The second-order valence-electron chi connectivity index (χ2n) is 4.69. The first-order chi connectivity index (χ1) is 9.83. The Hall–Kier alpha value is -1.84. The molecule has 4 nitrogen and oxygen atoms in total. The van der Waals surface area contributed by atoms with Crippen LogP contribution in [-0.2, 0) is 15.6 Å². The summed E-state index contributed by atoms with van der Waals surface area (Å²) in [7, 11) is -3.53. The molecule has 21 heavy (non-hydrogen) atoms. The Bertz CT molecular complexity index is 839. The van der Waals surface area contributed by atoms with Gasteiger partial charge in [-0.25, -0.2) is 8.42 Å². The predicted molar refractivity (Wildman–Crippen MR) is 85.3 cm³/mol. The van der Waals surface area contributed by atoms with Gasteiger partial charge in [0.05, 0.1) is 28.0 Å². The number of sulfone groups is 1. The zero-order valence-corrected chi connectivity index (χ0v) is 13.7. The largest absolute Gasteiger partial charge is 0.398 e. The van der Waals surface area contributed by atoms with Crippen LogP contribution < -0.4 is 5.73 Å². The first-order valence-corrected chi connectivity index (χ1v) is 8.55. The molecule has 0 amide bonds. The molecule has 2 aromatic rings. The second-order valence-corrected chi connectivity index (χ2v) is 7.57. The van der Waals surface area contributed by atoms with E-state index in [9.17, 15) is 8.42 Å². The fourth-order valence-corrected chi connectivity index (χ4v) is 3.97. The third kappa shape index (κ3) is 3.43. The van der Waals surface area contributed by atoms with Crippen molar-refractivity contribution in [3.8, 4) is 6.07 Å². The third-order valence-electron chi connectivity index (χ3n) is 3.12. The summed E-state index contributed by atoms with van der Waals surface area (Å²) in [5.74, 6) is -0.142. The minimum atomic E-state index is -3.53. The first-order valence-electron chi connectivity index (χ1n) is 6.11. The van der Waals surface area contributed by atoms with E-state index in [4.69, 9.17) is 11.0 Å². The monoisotopic (exact) mass is 364 g/mol. The summed E-state index contributed by atoms with van der Waals surface area (Å²) >= 11 is 3.25. The molecule has 2 aromatic carbocycles. The minimum Gasteiger partial charge on any atom is -0.398 e. The van der Waals surface area contributed by atoms with E-state index in [1.54, 1.807) is 37.3 Å². The van der Waals surface area contributed by atoms with Crippen LogP contribution in [0.3, 0.4) is 0 Å². The molecule has 0 atom stereocenters. The lowest BCUT2D eigenvalue weighted by Gasteiger charge is -2.10. The van der Waals surface area contributed by atoms with Crippen molar-refractivity contribution >= 4 is 31.5 Å². The standard InChI is InChI=1S/C15H13BrN2O2S/c1-10-6-11(8-17)2-3-12(10)9-21(19,20)15-5-4-13(16)7-14(15)18/h2-7H,9,18H2,1H3. The van der Waals surface area contributed by atoms with E-state index in [0.717, 1.165) is 10.0 Å². The van der Waals surface area contributed by atoms with Gasteiger partial charge in [-0.1, -0.05) is 22.0 Å². The van der Waals surface area contributed by atoms with Crippen molar-refractivity contribution in [3.63, 3.8) is 0 Å². The number of anilines is 1. The maximum Gasteiger partial charge on any atom is 0.184 e. The molecule has 6 heteroatoms.